The zero-order chi connectivity index (χ0) is 12.6. The molecule has 1 unspecified atom stereocenters. The van der Waals surface area contributed by atoms with Crippen LogP contribution in [0.3, 0.4) is 0 Å². The van der Waals surface area contributed by atoms with Crippen LogP contribution in [-0.2, 0) is 23.2 Å². The molecule has 94 valence electrons. The van der Waals surface area contributed by atoms with E-state index in [-0.39, 0.29) is 72.0 Å². The van der Waals surface area contributed by atoms with Crippen molar-refractivity contribution >= 4 is 20.2 Å². The predicted octanol–water partition coefficient (Wildman–Crippen LogP) is -8.98. The minimum atomic E-state index is -2.01. The van der Waals surface area contributed by atoms with Gasteiger partial charge in [-0.2, -0.15) is 0 Å². The third-order valence-corrected chi connectivity index (χ3v) is 2.37. The molecule has 8 nitrogen and oxygen atoms in total. The number of hydrogen-bond acceptors (Lipinski definition) is 8. The molecule has 1 rings (SSSR count). The summed E-state index contributed by atoms with van der Waals surface area (Å²) in [4.78, 5) is 19.6. The van der Waals surface area contributed by atoms with Crippen LogP contribution in [0.25, 0.3) is 0 Å². The number of aliphatic carboxylic acids is 2. The Bertz CT molecular complexity index is 271. The molecule has 0 spiro atoms. The zero-order valence-electron chi connectivity index (χ0n) is 10.3. The molecule has 11 heteroatoms. The van der Waals surface area contributed by atoms with Gasteiger partial charge in [0.2, 0.25) is 0 Å². The largest absolute Gasteiger partial charge is 1.00 e. The fourth-order valence-electron chi connectivity index (χ4n) is 0.683. The van der Waals surface area contributed by atoms with Crippen molar-refractivity contribution in [3.8, 4) is 0 Å². The maximum Gasteiger partial charge on any atom is 1.00 e. The molecule has 1 fully saturated rings. The first-order valence-corrected chi connectivity index (χ1v) is 5.61. The van der Waals surface area contributed by atoms with Crippen molar-refractivity contribution in [2.45, 2.75) is 18.9 Å². The fourth-order valence-corrected chi connectivity index (χ4v) is 1.27. The van der Waals surface area contributed by atoms with Gasteiger partial charge in [0.05, 0.1) is 19.2 Å². The predicted molar refractivity (Wildman–Crippen MR) is 48.1 cm³/mol. The number of carboxylic acid groups (broad SMARTS) is 2. The third-order valence-electron chi connectivity index (χ3n) is 1.49. The Hall–Kier alpha value is 1.05. The van der Waals surface area contributed by atoms with Gasteiger partial charge in [0.1, 0.15) is 0 Å². The van der Waals surface area contributed by atoms with Crippen LogP contribution in [0.2, 0.25) is 0 Å². The number of carboxylic acids is 2. The second-order valence-electron chi connectivity index (χ2n) is 2.78. The topological polar surface area (TPSA) is 142 Å². The summed E-state index contributed by atoms with van der Waals surface area (Å²) in [6, 6.07) is -1.21. The van der Waals surface area contributed by atoms with E-state index < -0.39 is 26.2 Å². The summed E-state index contributed by atoms with van der Waals surface area (Å²) in [6.07, 6.45) is -0.500. The first-order chi connectivity index (χ1) is 7.43. The summed E-state index contributed by atoms with van der Waals surface area (Å²) >= 11 is 0. The van der Waals surface area contributed by atoms with Crippen LogP contribution < -0.4 is 75.1 Å². The Morgan fingerprint density at radius 2 is 1.67 bits per heavy atom. The monoisotopic (exact) mass is 299 g/mol. The van der Waals surface area contributed by atoms with Gasteiger partial charge in [-0.1, -0.05) is 0 Å². The number of nitrogens with two attached hydrogens (primary N) is 1. The van der Waals surface area contributed by atoms with Gasteiger partial charge in [-0.05, 0) is 12.8 Å². The Morgan fingerprint density at radius 1 is 1.22 bits per heavy atom. The molecule has 1 aliphatic heterocycles. The summed E-state index contributed by atoms with van der Waals surface area (Å²) in [5, 5.41) is 19.6. The molecule has 0 aliphatic carbocycles. The van der Waals surface area contributed by atoms with Gasteiger partial charge < -0.3 is 34.6 Å². The molecule has 1 heterocycles. The molecule has 0 saturated carbocycles. The molecule has 0 radical (unpaired) electrons. The van der Waals surface area contributed by atoms with Crippen molar-refractivity contribution in [2.24, 2.45) is 5.73 Å². The van der Waals surface area contributed by atoms with Gasteiger partial charge in [-0.25, -0.2) is 0 Å². The quantitative estimate of drug-likeness (QED) is 0.398. The smallest absolute Gasteiger partial charge is 0.550 e. The van der Waals surface area contributed by atoms with Crippen LogP contribution in [0.4, 0.5) is 0 Å². The molecule has 0 aromatic carbocycles. The number of carbonyl (C=O) groups is 2. The zero-order valence-corrected chi connectivity index (χ0v) is 15.3. The Kier molecular flexibility index (Phi) is 19.4. The second kappa shape index (κ2) is 14.5. The van der Waals surface area contributed by atoms with Crippen molar-refractivity contribution in [1.82, 2.24) is 0 Å². The van der Waals surface area contributed by atoms with E-state index in [9.17, 15) is 24.4 Å². The van der Waals surface area contributed by atoms with E-state index >= 15 is 0 Å². The van der Waals surface area contributed by atoms with Gasteiger partial charge >= 0.3 is 67.4 Å². The number of hydrogen-bond donors (Lipinski definition) is 1. The molecule has 1 atom stereocenters. The molecule has 0 bridgehead atoms. The fraction of sp³-hybridized carbons (Fsp3) is 0.714. The number of rotatable bonds is 4. The van der Waals surface area contributed by atoms with Gasteiger partial charge in [0.25, 0.3) is 0 Å². The summed E-state index contributed by atoms with van der Waals surface area (Å²) in [7, 11) is -2.01. The number of carbonyl (C=O) groups excluding carboxylic acids is 2. The molecule has 0 aromatic rings. The summed E-state index contributed by atoms with van der Waals surface area (Å²) in [5.74, 6) is -2.75. The average Bonchev–Trinajstić information content (AvgIpc) is 2.66. The van der Waals surface area contributed by atoms with E-state index in [4.69, 9.17) is 5.73 Å². The molecule has 18 heavy (non-hydrogen) atoms. The van der Waals surface area contributed by atoms with E-state index in [1.807, 2.05) is 0 Å². The maximum atomic E-state index is 9.98. The first kappa shape index (κ1) is 24.1. The van der Waals surface area contributed by atoms with Crippen molar-refractivity contribution in [3.05, 3.63) is 0 Å². The van der Waals surface area contributed by atoms with E-state index in [1.165, 1.54) is 0 Å². The maximum absolute atomic E-state index is 9.98. The first-order valence-electron chi connectivity index (χ1n) is 4.39. The van der Waals surface area contributed by atoms with E-state index in [0.717, 1.165) is 0 Å². The minimum Gasteiger partial charge on any atom is -0.550 e. The third kappa shape index (κ3) is 15.1. The molecular formula is C7H12NNa2O7P. The van der Waals surface area contributed by atoms with Gasteiger partial charge in [0.15, 0.2) is 0 Å². The molecule has 1 aliphatic rings. The minimum absolute atomic E-state index is 0. The van der Waals surface area contributed by atoms with Crippen LogP contribution in [0.15, 0.2) is 0 Å². The molecular weight excluding hydrogens is 287 g/mol. The Labute approximate surface area is 149 Å². The summed E-state index contributed by atoms with van der Waals surface area (Å²) < 4.78 is 18.9. The van der Waals surface area contributed by atoms with Gasteiger partial charge in [0, 0.05) is 12.0 Å². The van der Waals surface area contributed by atoms with E-state index in [2.05, 4.69) is 9.05 Å². The van der Waals surface area contributed by atoms with E-state index in [0.29, 0.717) is 13.2 Å². The van der Waals surface area contributed by atoms with Crippen LogP contribution in [0.5, 0.6) is 0 Å². The molecule has 0 aromatic heterocycles. The van der Waals surface area contributed by atoms with E-state index in [1.54, 1.807) is 0 Å². The molecule has 0 amide bonds. The van der Waals surface area contributed by atoms with Gasteiger partial charge in [-0.3, -0.25) is 4.57 Å². The SMILES string of the molecule is NC(CCC(=O)[O-])C(=O)[O-].O=[PH]1OCCO1.[Na+].[Na+]. The molecule has 2 N–H and O–H groups in total. The summed E-state index contributed by atoms with van der Waals surface area (Å²) in [6.45, 7) is 0.996. The van der Waals surface area contributed by atoms with Crippen molar-refractivity contribution in [2.75, 3.05) is 13.2 Å². The standard InChI is InChI=1S/C5H9NO4.C2H5O3P.2Na/c6-3(5(9)10)1-2-4(7)8;3-6-4-1-2-5-6;;/h3H,1-2,6H2,(H,7,8)(H,9,10);6H,1-2H2;;/q;;2*+1/p-2. The normalized spacial score (nSPS) is 15.4. The second-order valence-corrected chi connectivity index (χ2v) is 3.86. The van der Waals surface area contributed by atoms with Crippen molar-refractivity contribution in [3.63, 3.8) is 0 Å². The van der Waals surface area contributed by atoms with Crippen molar-refractivity contribution in [1.29, 1.82) is 0 Å². The van der Waals surface area contributed by atoms with Crippen LogP contribution in [0.1, 0.15) is 12.8 Å². The van der Waals surface area contributed by atoms with Crippen LogP contribution >= 0.6 is 8.25 Å². The van der Waals surface area contributed by atoms with Gasteiger partial charge in [-0.15, -0.1) is 0 Å². The van der Waals surface area contributed by atoms with Crippen LogP contribution in [-0.4, -0.2) is 31.2 Å². The summed E-state index contributed by atoms with van der Waals surface area (Å²) in [5.41, 5.74) is 4.91. The van der Waals surface area contributed by atoms with Crippen LogP contribution in [0, 0.1) is 0 Å². The average molecular weight is 299 g/mol. The molecule has 1 saturated heterocycles. The Morgan fingerprint density at radius 3 is 1.89 bits per heavy atom. The Balaban J connectivity index is -0.000000244. The van der Waals surface area contributed by atoms with Crippen molar-refractivity contribution < 1.29 is 92.5 Å².